The monoisotopic (exact) mass is 342 g/mol. The summed E-state index contributed by atoms with van der Waals surface area (Å²) in [6.45, 7) is 5.95. The normalized spacial score (nSPS) is 15.2. The van der Waals surface area contributed by atoms with Crippen LogP contribution >= 0.6 is 0 Å². The van der Waals surface area contributed by atoms with Crippen molar-refractivity contribution < 1.29 is 13.9 Å². The lowest BCUT2D eigenvalue weighted by Crippen LogP contribution is -2.48. The van der Waals surface area contributed by atoms with Crippen molar-refractivity contribution in [2.75, 3.05) is 33.3 Å². The van der Waals surface area contributed by atoms with Gasteiger partial charge in [0.25, 0.3) is 5.91 Å². The van der Waals surface area contributed by atoms with E-state index in [1.807, 2.05) is 6.07 Å². The molecule has 0 bridgehead atoms. The molecule has 0 aliphatic carbocycles. The smallest absolute Gasteiger partial charge is 0.254 e. The van der Waals surface area contributed by atoms with Crippen molar-refractivity contribution in [3.63, 3.8) is 0 Å². The van der Waals surface area contributed by atoms with Gasteiger partial charge in [-0.1, -0.05) is 24.3 Å². The van der Waals surface area contributed by atoms with E-state index in [0.717, 1.165) is 19.6 Å². The van der Waals surface area contributed by atoms with Gasteiger partial charge < -0.3 is 9.64 Å². The van der Waals surface area contributed by atoms with E-state index >= 15 is 0 Å². The zero-order valence-corrected chi connectivity index (χ0v) is 14.7. The fraction of sp³-hybridized carbons (Fsp3) is 0.350. The summed E-state index contributed by atoms with van der Waals surface area (Å²) in [6, 6.07) is 12.7. The lowest BCUT2D eigenvalue weighted by atomic mass is 10.1. The first-order valence-corrected chi connectivity index (χ1v) is 8.48. The van der Waals surface area contributed by atoms with E-state index in [1.165, 1.54) is 30.4 Å². The van der Waals surface area contributed by atoms with Crippen molar-refractivity contribution in [1.29, 1.82) is 0 Å². The minimum Gasteiger partial charge on any atom is -0.494 e. The Morgan fingerprint density at radius 2 is 1.84 bits per heavy atom. The van der Waals surface area contributed by atoms with Gasteiger partial charge in [0.1, 0.15) is 0 Å². The van der Waals surface area contributed by atoms with Gasteiger partial charge in [0.2, 0.25) is 0 Å². The standard InChI is InChI=1S/C20H23FN2O2/c1-15-5-3-4-6-17(15)14-22-9-11-23(12-10-22)20(24)16-7-8-19(25-2)18(21)13-16/h3-8,13H,9-12,14H2,1-2H3. The molecule has 0 N–H and O–H groups in total. The molecule has 1 aliphatic heterocycles. The first kappa shape index (κ1) is 17.4. The van der Waals surface area contributed by atoms with Crippen LogP contribution < -0.4 is 4.74 Å². The van der Waals surface area contributed by atoms with Gasteiger partial charge in [-0.05, 0) is 36.2 Å². The number of carbonyl (C=O) groups excluding carboxylic acids is 1. The highest BCUT2D eigenvalue weighted by molar-refractivity contribution is 5.94. The average molecular weight is 342 g/mol. The number of ether oxygens (including phenoxy) is 1. The van der Waals surface area contributed by atoms with Crippen LogP contribution in [0.25, 0.3) is 0 Å². The molecular formula is C20H23FN2O2. The first-order chi connectivity index (χ1) is 12.1. The van der Waals surface area contributed by atoms with E-state index in [1.54, 1.807) is 11.0 Å². The molecule has 132 valence electrons. The maximum Gasteiger partial charge on any atom is 0.254 e. The maximum absolute atomic E-state index is 13.8. The Balaban J connectivity index is 1.59. The molecule has 3 rings (SSSR count). The Labute approximate surface area is 147 Å². The number of hydrogen-bond acceptors (Lipinski definition) is 3. The highest BCUT2D eigenvalue weighted by Gasteiger charge is 2.23. The van der Waals surface area contributed by atoms with E-state index in [2.05, 4.69) is 30.0 Å². The van der Waals surface area contributed by atoms with Gasteiger partial charge in [0, 0.05) is 38.3 Å². The summed E-state index contributed by atoms with van der Waals surface area (Å²) in [5, 5.41) is 0. The van der Waals surface area contributed by atoms with E-state index < -0.39 is 5.82 Å². The van der Waals surface area contributed by atoms with Crippen LogP contribution in [0.3, 0.4) is 0 Å². The number of amides is 1. The summed E-state index contributed by atoms with van der Waals surface area (Å²) in [7, 11) is 1.41. The molecule has 1 amide bonds. The van der Waals surface area contributed by atoms with Crippen molar-refractivity contribution in [2.45, 2.75) is 13.5 Å². The molecule has 2 aromatic rings. The van der Waals surface area contributed by atoms with Crippen LogP contribution in [0.15, 0.2) is 42.5 Å². The van der Waals surface area contributed by atoms with Gasteiger partial charge in [-0.15, -0.1) is 0 Å². The Morgan fingerprint density at radius 3 is 2.48 bits per heavy atom. The SMILES string of the molecule is COc1ccc(C(=O)N2CCN(Cc3ccccc3C)CC2)cc1F. The second-order valence-electron chi connectivity index (χ2n) is 6.34. The lowest BCUT2D eigenvalue weighted by Gasteiger charge is -2.35. The van der Waals surface area contributed by atoms with Gasteiger partial charge in [-0.2, -0.15) is 0 Å². The van der Waals surface area contributed by atoms with Gasteiger partial charge in [-0.25, -0.2) is 4.39 Å². The number of nitrogens with zero attached hydrogens (tertiary/aromatic N) is 2. The third kappa shape index (κ3) is 3.99. The molecule has 0 unspecified atom stereocenters. The summed E-state index contributed by atoms with van der Waals surface area (Å²) >= 11 is 0. The molecule has 25 heavy (non-hydrogen) atoms. The van der Waals surface area contributed by atoms with Crippen LogP contribution in [0.4, 0.5) is 4.39 Å². The number of methoxy groups -OCH3 is 1. The van der Waals surface area contributed by atoms with Crippen LogP contribution in [0.2, 0.25) is 0 Å². The molecule has 1 aliphatic rings. The van der Waals surface area contributed by atoms with Crippen LogP contribution in [0, 0.1) is 12.7 Å². The van der Waals surface area contributed by atoms with Crippen molar-refractivity contribution in [3.8, 4) is 5.75 Å². The fourth-order valence-corrected chi connectivity index (χ4v) is 3.12. The van der Waals surface area contributed by atoms with E-state index in [9.17, 15) is 9.18 Å². The van der Waals surface area contributed by atoms with Crippen molar-refractivity contribution in [3.05, 3.63) is 65.0 Å². The Bertz CT molecular complexity index is 755. The zero-order valence-electron chi connectivity index (χ0n) is 14.7. The molecule has 0 atom stereocenters. The second kappa shape index (κ2) is 7.66. The Kier molecular flexibility index (Phi) is 5.34. The molecule has 5 heteroatoms. The number of benzene rings is 2. The number of carbonyl (C=O) groups is 1. The Morgan fingerprint density at radius 1 is 1.12 bits per heavy atom. The second-order valence-corrected chi connectivity index (χ2v) is 6.34. The summed E-state index contributed by atoms with van der Waals surface area (Å²) in [5.74, 6) is -0.483. The van der Waals surface area contributed by atoms with Gasteiger partial charge in [-0.3, -0.25) is 9.69 Å². The van der Waals surface area contributed by atoms with Gasteiger partial charge in [0.15, 0.2) is 11.6 Å². The largest absolute Gasteiger partial charge is 0.494 e. The van der Waals surface area contributed by atoms with Crippen molar-refractivity contribution in [2.24, 2.45) is 0 Å². The Hall–Kier alpha value is -2.40. The average Bonchev–Trinajstić information content (AvgIpc) is 2.63. The minimum absolute atomic E-state index is 0.128. The highest BCUT2D eigenvalue weighted by atomic mass is 19.1. The number of piperazine rings is 1. The molecular weight excluding hydrogens is 319 g/mol. The summed E-state index contributed by atoms with van der Waals surface area (Å²) in [4.78, 5) is 16.7. The summed E-state index contributed by atoms with van der Waals surface area (Å²) in [5.41, 5.74) is 2.97. The number of aryl methyl sites for hydroxylation is 1. The predicted molar refractivity (Wildman–Crippen MR) is 95.3 cm³/mol. The fourth-order valence-electron chi connectivity index (χ4n) is 3.12. The number of hydrogen-bond donors (Lipinski definition) is 0. The molecule has 0 saturated carbocycles. The molecule has 0 spiro atoms. The summed E-state index contributed by atoms with van der Waals surface area (Å²) in [6.07, 6.45) is 0. The maximum atomic E-state index is 13.8. The van der Waals surface area contributed by atoms with Crippen molar-refractivity contribution >= 4 is 5.91 Å². The molecule has 1 heterocycles. The first-order valence-electron chi connectivity index (χ1n) is 8.48. The zero-order chi connectivity index (χ0) is 17.8. The number of halogens is 1. The number of rotatable bonds is 4. The lowest BCUT2D eigenvalue weighted by molar-refractivity contribution is 0.0627. The van der Waals surface area contributed by atoms with Crippen LogP contribution in [-0.2, 0) is 6.54 Å². The third-order valence-corrected chi connectivity index (χ3v) is 4.71. The van der Waals surface area contributed by atoms with E-state index in [4.69, 9.17) is 4.74 Å². The molecule has 4 nitrogen and oxygen atoms in total. The minimum atomic E-state index is -0.508. The topological polar surface area (TPSA) is 32.8 Å². The van der Waals surface area contributed by atoms with Crippen molar-refractivity contribution in [1.82, 2.24) is 9.80 Å². The van der Waals surface area contributed by atoms with Gasteiger partial charge in [0.05, 0.1) is 7.11 Å². The van der Waals surface area contributed by atoms with Crippen LogP contribution in [0.5, 0.6) is 5.75 Å². The molecule has 2 aromatic carbocycles. The highest BCUT2D eigenvalue weighted by Crippen LogP contribution is 2.19. The predicted octanol–water partition coefficient (Wildman–Crippen LogP) is 3.10. The molecule has 1 fully saturated rings. The third-order valence-electron chi connectivity index (χ3n) is 4.71. The molecule has 1 saturated heterocycles. The van der Waals surface area contributed by atoms with Crippen LogP contribution in [-0.4, -0.2) is 49.0 Å². The van der Waals surface area contributed by atoms with E-state index in [-0.39, 0.29) is 11.7 Å². The van der Waals surface area contributed by atoms with Crippen LogP contribution in [0.1, 0.15) is 21.5 Å². The molecule has 0 radical (unpaired) electrons. The summed E-state index contributed by atoms with van der Waals surface area (Å²) < 4.78 is 18.7. The molecule has 0 aromatic heterocycles. The van der Waals surface area contributed by atoms with Gasteiger partial charge >= 0.3 is 0 Å². The van der Waals surface area contributed by atoms with E-state index in [0.29, 0.717) is 18.7 Å². The quantitative estimate of drug-likeness (QED) is 0.856.